The van der Waals surface area contributed by atoms with Gasteiger partial charge < -0.3 is 14.0 Å². The summed E-state index contributed by atoms with van der Waals surface area (Å²) >= 11 is 1.45. The zero-order chi connectivity index (χ0) is 20.1. The van der Waals surface area contributed by atoms with Gasteiger partial charge in [-0.2, -0.15) is 4.99 Å². The molecule has 0 saturated carbocycles. The minimum absolute atomic E-state index is 0.349. The average molecular weight is 394 g/mol. The quantitative estimate of drug-likeness (QED) is 0.589. The van der Waals surface area contributed by atoms with Crippen LogP contribution >= 0.6 is 11.3 Å². The van der Waals surface area contributed by atoms with E-state index in [1.54, 1.807) is 18.2 Å². The van der Waals surface area contributed by atoms with Crippen LogP contribution in [0.15, 0.2) is 41.4 Å². The molecule has 0 aliphatic carbocycles. The summed E-state index contributed by atoms with van der Waals surface area (Å²) in [5.41, 5.74) is 2.56. The van der Waals surface area contributed by atoms with Crippen LogP contribution in [0.3, 0.4) is 0 Å². The van der Waals surface area contributed by atoms with Gasteiger partial charge in [0.05, 0.1) is 30.0 Å². The van der Waals surface area contributed by atoms with E-state index >= 15 is 0 Å². The van der Waals surface area contributed by atoms with Gasteiger partial charge >= 0.3 is 0 Å². The lowest BCUT2D eigenvalue weighted by Gasteiger charge is -2.11. The van der Waals surface area contributed by atoms with Gasteiger partial charge in [-0.25, -0.2) is 0 Å². The standard InChI is InChI=1S/C22H22N2O3S/c1-5-12-24-17-10-8-15(4)13-20(17)28-22(24)23-21(25)16-9-11-18(26-6-2)19(14-16)27-7-3/h1,8-11,13-14H,6-7,12H2,2-4H3. The number of terminal acetylenes is 1. The molecule has 0 N–H and O–H groups in total. The second-order valence-corrected chi connectivity index (χ2v) is 7.10. The van der Waals surface area contributed by atoms with Crippen molar-refractivity contribution in [1.82, 2.24) is 4.57 Å². The molecule has 144 valence electrons. The summed E-state index contributed by atoms with van der Waals surface area (Å²) in [6.07, 6.45) is 5.53. The molecule has 3 rings (SSSR count). The molecule has 5 nitrogen and oxygen atoms in total. The molecule has 0 spiro atoms. The normalized spacial score (nSPS) is 11.4. The van der Waals surface area contributed by atoms with Crippen molar-refractivity contribution < 1.29 is 14.3 Å². The predicted octanol–water partition coefficient (Wildman–Crippen LogP) is 4.18. The van der Waals surface area contributed by atoms with Crippen LogP contribution in [0.25, 0.3) is 10.2 Å². The van der Waals surface area contributed by atoms with Gasteiger partial charge in [0, 0.05) is 5.56 Å². The van der Waals surface area contributed by atoms with Crippen molar-refractivity contribution in [2.45, 2.75) is 27.3 Å². The molecule has 0 aliphatic rings. The minimum atomic E-state index is -0.349. The molecule has 2 aromatic carbocycles. The fraction of sp³-hybridized carbons (Fsp3) is 0.273. The second kappa shape index (κ2) is 8.77. The molecular weight excluding hydrogens is 372 g/mol. The van der Waals surface area contributed by atoms with Crippen molar-refractivity contribution in [3.05, 3.63) is 52.3 Å². The second-order valence-electron chi connectivity index (χ2n) is 6.09. The Bertz CT molecular complexity index is 1120. The third-order valence-electron chi connectivity index (χ3n) is 4.08. The van der Waals surface area contributed by atoms with Crippen LogP contribution in [0.5, 0.6) is 11.5 Å². The number of benzene rings is 2. The number of aromatic nitrogens is 1. The fourth-order valence-corrected chi connectivity index (χ4v) is 3.97. The average Bonchev–Trinajstić information content (AvgIpc) is 3.00. The van der Waals surface area contributed by atoms with E-state index in [1.807, 2.05) is 37.5 Å². The summed E-state index contributed by atoms with van der Waals surface area (Å²) in [6.45, 7) is 7.16. The van der Waals surface area contributed by atoms with Crippen LogP contribution in [0.2, 0.25) is 0 Å². The van der Waals surface area contributed by atoms with Crippen molar-refractivity contribution in [2.24, 2.45) is 4.99 Å². The first-order chi connectivity index (χ1) is 13.6. The van der Waals surface area contributed by atoms with Crippen LogP contribution < -0.4 is 14.3 Å². The Morgan fingerprint density at radius 2 is 1.89 bits per heavy atom. The highest BCUT2D eigenvalue weighted by molar-refractivity contribution is 7.16. The Hall–Kier alpha value is -3.04. The Morgan fingerprint density at radius 1 is 1.14 bits per heavy atom. The number of carbonyl (C=O) groups is 1. The highest BCUT2D eigenvalue weighted by atomic mass is 32.1. The van der Waals surface area contributed by atoms with Crippen molar-refractivity contribution in [1.29, 1.82) is 0 Å². The van der Waals surface area contributed by atoms with E-state index in [-0.39, 0.29) is 5.91 Å². The monoisotopic (exact) mass is 394 g/mol. The van der Waals surface area contributed by atoms with Crippen LogP contribution in [-0.4, -0.2) is 23.7 Å². The number of hydrogen-bond acceptors (Lipinski definition) is 4. The third kappa shape index (κ3) is 4.10. The molecule has 0 aliphatic heterocycles. The smallest absolute Gasteiger partial charge is 0.279 e. The van der Waals surface area contributed by atoms with E-state index < -0.39 is 0 Å². The van der Waals surface area contributed by atoms with Crippen LogP contribution in [0, 0.1) is 19.3 Å². The first kappa shape index (κ1) is 19.7. The summed E-state index contributed by atoms with van der Waals surface area (Å²) in [5.74, 6) is 3.44. The molecule has 6 heteroatoms. The van der Waals surface area contributed by atoms with Crippen molar-refractivity contribution in [3.8, 4) is 23.8 Å². The van der Waals surface area contributed by atoms with Gasteiger partial charge in [-0.3, -0.25) is 4.79 Å². The number of amides is 1. The van der Waals surface area contributed by atoms with Gasteiger partial charge in [0.25, 0.3) is 5.91 Å². The van der Waals surface area contributed by atoms with E-state index in [2.05, 4.69) is 17.0 Å². The molecule has 0 atom stereocenters. The summed E-state index contributed by atoms with van der Waals surface area (Å²) in [4.78, 5) is 17.7. The van der Waals surface area contributed by atoms with Crippen LogP contribution in [-0.2, 0) is 6.54 Å². The fourth-order valence-electron chi connectivity index (χ4n) is 2.85. The summed E-state index contributed by atoms with van der Waals surface area (Å²) in [5, 5.41) is 0. The lowest BCUT2D eigenvalue weighted by atomic mass is 10.2. The molecule has 0 saturated heterocycles. The Labute approximate surface area is 168 Å². The Kier molecular flexibility index (Phi) is 6.17. The maximum atomic E-state index is 12.8. The predicted molar refractivity (Wildman–Crippen MR) is 112 cm³/mol. The number of thiazole rings is 1. The summed E-state index contributed by atoms with van der Waals surface area (Å²) in [6, 6.07) is 11.2. The number of hydrogen-bond donors (Lipinski definition) is 0. The first-order valence-corrected chi connectivity index (χ1v) is 9.91. The topological polar surface area (TPSA) is 52.8 Å². The van der Waals surface area contributed by atoms with Gasteiger partial charge in [-0.1, -0.05) is 23.3 Å². The van der Waals surface area contributed by atoms with Gasteiger partial charge in [-0.05, 0) is 56.7 Å². The molecule has 1 heterocycles. The molecule has 0 bridgehead atoms. The first-order valence-electron chi connectivity index (χ1n) is 9.09. The van der Waals surface area contributed by atoms with Crippen LogP contribution in [0.4, 0.5) is 0 Å². The molecule has 1 amide bonds. The highest BCUT2D eigenvalue weighted by Gasteiger charge is 2.13. The number of carbonyl (C=O) groups excluding carboxylic acids is 1. The lowest BCUT2D eigenvalue weighted by Crippen LogP contribution is -2.16. The molecular formula is C22H22N2O3S. The van der Waals surface area contributed by atoms with Gasteiger partial charge in [0.1, 0.15) is 0 Å². The lowest BCUT2D eigenvalue weighted by molar-refractivity contribution is 0.0997. The number of ether oxygens (including phenoxy) is 2. The zero-order valence-corrected chi connectivity index (χ0v) is 17.0. The third-order valence-corrected chi connectivity index (χ3v) is 5.12. The van der Waals surface area contributed by atoms with E-state index in [9.17, 15) is 4.79 Å². The van der Waals surface area contributed by atoms with E-state index in [0.717, 1.165) is 15.8 Å². The zero-order valence-electron chi connectivity index (χ0n) is 16.2. The number of fused-ring (bicyclic) bond motifs is 1. The number of nitrogens with zero attached hydrogens (tertiary/aromatic N) is 2. The van der Waals surface area contributed by atoms with Crippen molar-refractivity contribution in [2.75, 3.05) is 13.2 Å². The number of rotatable bonds is 6. The molecule has 0 fully saturated rings. The molecule has 28 heavy (non-hydrogen) atoms. The Balaban J connectivity index is 2.06. The van der Waals surface area contributed by atoms with Crippen LogP contribution in [0.1, 0.15) is 29.8 Å². The van der Waals surface area contributed by atoms with Gasteiger partial charge in [0.2, 0.25) is 0 Å². The molecule has 0 unspecified atom stereocenters. The largest absolute Gasteiger partial charge is 0.490 e. The minimum Gasteiger partial charge on any atom is -0.490 e. The maximum absolute atomic E-state index is 12.8. The van der Waals surface area contributed by atoms with Crippen molar-refractivity contribution in [3.63, 3.8) is 0 Å². The Morgan fingerprint density at radius 3 is 2.61 bits per heavy atom. The summed E-state index contributed by atoms with van der Waals surface area (Å²) in [7, 11) is 0. The highest BCUT2D eigenvalue weighted by Crippen LogP contribution is 2.29. The molecule has 1 aromatic heterocycles. The maximum Gasteiger partial charge on any atom is 0.279 e. The molecule has 0 radical (unpaired) electrons. The SMILES string of the molecule is C#CCn1c(=NC(=O)c2ccc(OCC)c(OCC)c2)sc2cc(C)ccc21. The molecule has 3 aromatic rings. The van der Waals surface area contributed by atoms with Crippen molar-refractivity contribution >= 4 is 27.5 Å². The van der Waals surface area contributed by atoms with E-state index in [1.165, 1.54) is 11.3 Å². The van der Waals surface area contributed by atoms with E-state index in [0.29, 0.717) is 41.6 Å². The number of aryl methyl sites for hydroxylation is 1. The van der Waals surface area contributed by atoms with Gasteiger partial charge in [0.15, 0.2) is 16.3 Å². The summed E-state index contributed by atoms with van der Waals surface area (Å²) < 4.78 is 14.1. The van der Waals surface area contributed by atoms with Gasteiger partial charge in [-0.15, -0.1) is 6.42 Å². The van der Waals surface area contributed by atoms with E-state index in [4.69, 9.17) is 15.9 Å².